The highest BCUT2D eigenvalue weighted by Gasteiger charge is 2.40. The zero-order chi connectivity index (χ0) is 31.6. The van der Waals surface area contributed by atoms with E-state index in [-0.39, 0.29) is 41.4 Å². The molecule has 9 nitrogen and oxygen atoms in total. The van der Waals surface area contributed by atoms with Crippen LogP contribution in [0.3, 0.4) is 0 Å². The maximum Gasteiger partial charge on any atom is 0.342 e. The number of fused-ring (bicyclic) bond motifs is 8. The molecule has 44 heavy (non-hydrogen) atoms. The number of esters is 1. The summed E-state index contributed by atoms with van der Waals surface area (Å²) in [7, 11) is 1.28. The second-order valence-corrected chi connectivity index (χ2v) is 12.2. The molecule has 0 aromatic carbocycles. The first-order chi connectivity index (χ1) is 21.0. The average Bonchev–Trinajstić information content (AvgIpc) is 3.72. The maximum atomic E-state index is 13.2. The normalized spacial score (nSPS) is 21.5. The van der Waals surface area contributed by atoms with Crippen LogP contribution in [0.5, 0.6) is 0 Å². The third-order valence-electron chi connectivity index (χ3n) is 9.86. The molecule has 1 aliphatic carbocycles. The van der Waals surface area contributed by atoms with E-state index >= 15 is 0 Å². The second kappa shape index (κ2) is 10.8. The number of rotatable bonds is 6. The molecule has 4 aliphatic rings. The summed E-state index contributed by atoms with van der Waals surface area (Å²) in [5.74, 6) is -1.81. The fourth-order valence-corrected chi connectivity index (χ4v) is 7.30. The van der Waals surface area contributed by atoms with E-state index in [1.165, 1.54) is 7.11 Å². The number of hydrogen-bond acceptors (Lipinski definition) is 6. The molecule has 8 bridgehead atoms. The Labute approximate surface area is 256 Å². The predicted molar refractivity (Wildman–Crippen MR) is 171 cm³/mol. The van der Waals surface area contributed by atoms with Crippen molar-refractivity contribution in [2.75, 3.05) is 7.11 Å². The lowest BCUT2D eigenvalue weighted by atomic mass is 9.85. The first kappa shape index (κ1) is 29.4. The lowest BCUT2D eigenvalue weighted by Crippen LogP contribution is -2.10. The van der Waals surface area contributed by atoms with E-state index in [4.69, 9.17) is 14.7 Å². The molecular weight excluding hydrogens is 556 g/mol. The Morgan fingerprint density at radius 3 is 2.43 bits per heavy atom. The zero-order valence-electron chi connectivity index (χ0n) is 26.0. The van der Waals surface area contributed by atoms with Crippen LogP contribution in [0, 0.1) is 6.92 Å². The standard InChI is InChI=1S/C35H38N4O5/c1-8-19-15(3)22-12-24-17(5)21(10-11-28(40)41)32(38-24)30-31(35(43)44-7)34(42)29-18(6)25(39-33(29)30)14-27-20(9-2)16(4)23(37-27)13-26(19)36-22/h8,12-14,16-17,20-21,37,39,42H,1,9-11H2,2-7H3,(H,40,41)/t16-,17+,20-,21+/m1/s1. The number of aromatic amines is 2. The molecular formula is C35H38N4O5. The van der Waals surface area contributed by atoms with Gasteiger partial charge in [-0.15, -0.1) is 0 Å². The van der Waals surface area contributed by atoms with Crippen molar-refractivity contribution in [1.82, 2.24) is 19.9 Å². The van der Waals surface area contributed by atoms with Gasteiger partial charge in [-0.05, 0) is 56.0 Å². The van der Waals surface area contributed by atoms with Crippen LogP contribution in [0.1, 0.15) is 121 Å². The molecule has 9 heteroatoms. The Morgan fingerprint density at radius 1 is 1.02 bits per heavy atom. The molecule has 0 saturated carbocycles. The van der Waals surface area contributed by atoms with Crippen molar-refractivity contribution in [1.29, 1.82) is 0 Å². The number of allylic oxidation sites excluding steroid dienone is 3. The number of hydrogen-bond donors (Lipinski definition) is 4. The number of aromatic nitrogens is 4. The maximum absolute atomic E-state index is 13.2. The third kappa shape index (κ3) is 4.36. The number of H-pyrrole nitrogens is 2. The fraction of sp³-hybridized carbons (Fsp3) is 0.371. The summed E-state index contributed by atoms with van der Waals surface area (Å²) in [5, 5.41) is 21.2. The number of aliphatic carboxylic acids is 1. The van der Waals surface area contributed by atoms with Crippen molar-refractivity contribution in [2.45, 2.75) is 77.6 Å². The Balaban J connectivity index is 1.79. The van der Waals surface area contributed by atoms with Crippen molar-refractivity contribution < 1.29 is 24.5 Å². The Hall–Kier alpha value is -4.66. The third-order valence-corrected chi connectivity index (χ3v) is 9.86. The first-order valence-corrected chi connectivity index (χ1v) is 15.1. The van der Waals surface area contributed by atoms with E-state index in [9.17, 15) is 19.8 Å². The zero-order valence-corrected chi connectivity index (χ0v) is 26.0. The molecule has 4 atom stereocenters. The lowest BCUT2D eigenvalue weighted by Gasteiger charge is -2.17. The average molecular weight is 595 g/mol. The van der Waals surface area contributed by atoms with Crippen LogP contribution in [0.15, 0.2) is 30.9 Å². The number of nitrogens with one attached hydrogen (secondary N) is 2. The number of methoxy groups -OCH3 is 1. The molecule has 0 unspecified atom stereocenters. The number of nitrogens with zero attached hydrogens (tertiary/aromatic N) is 2. The fourth-order valence-electron chi connectivity index (χ4n) is 7.30. The van der Waals surface area contributed by atoms with Gasteiger partial charge in [-0.1, -0.05) is 33.4 Å². The molecule has 3 aliphatic heterocycles. The molecule has 2 aromatic rings. The summed E-state index contributed by atoms with van der Waals surface area (Å²) < 4.78 is 5.14. The molecule has 2 aromatic heterocycles. The lowest BCUT2D eigenvalue weighted by molar-refractivity contribution is -0.137. The highest BCUT2D eigenvalue weighted by atomic mass is 16.5. The van der Waals surface area contributed by atoms with Crippen LogP contribution in [-0.4, -0.2) is 49.2 Å². The van der Waals surface area contributed by atoms with Gasteiger partial charge in [0.05, 0.1) is 29.7 Å². The number of carboxylic acids is 1. The van der Waals surface area contributed by atoms with E-state index in [0.29, 0.717) is 28.8 Å². The van der Waals surface area contributed by atoms with E-state index < -0.39 is 11.9 Å². The highest BCUT2D eigenvalue weighted by molar-refractivity contribution is 6.30. The van der Waals surface area contributed by atoms with Gasteiger partial charge >= 0.3 is 11.9 Å². The molecule has 6 rings (SSSR count). The van der Waals surface area contributed by atoms with Crippen LogP contribution < -0.4 is 0 Å². The van der Waals surface area contributed by atoms with Gasteiger partial charge in [0.25, 0.3) is 0 Å². The molecule has 228 valence electrons. The van der Waals surface area contributed by atoms with Crippen molar-refractivity contribution in [3.8, 4) is 0 Å². The minimum absolute atomic E-state index is 0.0350. The van der Waals surface area contributed by atoms with Gasteiger partial charge in [0, 0.05) is 69.4 Å². The van der Waals surface area contributed by atoms with E-state index in [1.807, 2.05) is 32.9 Å². The number of ether oxygens (including phenoxy) is 1. The van der Waals surface area contributed by atoms with E-state index in [2.05, 4.69) is 42.5 Å². The van der Waals surface area contributed by atoms with Gasteiger partial charge in [-0.25, -0.2) is 9.78 Å². The molecule has 0 spiro atoms. The monoisotopic (exact) mass is 594 g/mol. The summed E-state index contributed by atoms with van der Waals surface area (Å²) in [5.41, 5.74) is 10.1. The van der Waals surface area contributed by atoms with E-state index in [0.717, 1.165) is 57.1 Å². The second-order valence-electron chi connectivity index (χ2n) is 12.2. The molecule has 5 heterocycles. The molecule has 0 saturated heterocycles. The van der Waals surface area contributed by atoms with Crippen molar-refractivity contribution >= 4 is 45.5 Å². The largest absolute Gasteiger partial charge is 0.506 e. The summed E-state index contributed by atoms with van der Waals surface area (Å²) >= 11 is 0. The van der Waals surface area contributed by atoms with Gasteiger partial charge in [0.15, 0.2) is 0 Å². The van der Waals surface area contributed by atoms with Crippen LogP contribution in [0.4, 0.5) is 0 Å². The first-order valence-electron chi connectivity index (χ1n) is 15.1. The Bertz CT molecular complexity index is 1890. The van der Waals surface area contributed by atoms with Crippen molar-refractivity contribution in [3.63, 3.8) is 0 Å². The minimum atomic E-state index is -0.912. The van der Waals surface area contributed by atoms with Gasteiger partial charge in [0.1, 0.15) is 11.3 Å². The summed E-state index contributed by atoms with van der Waals surface area (Å²) in [4.78, 5) is 42.2. The van der Waals surface area contributed by atoms with Crippen molar-refractivity contribution in [2.24, 2.45) is 0 Å². The summed E-state index contributed by atoms with van der Waals surface area (Å²) in [6.45, 7) is 14.4. The number of aryl methyl sites for hydroxylation is 1. The van der Waals surface area contributed by atoms with Gasteiger partial charge in [-0.3, -0.25) is 9.78 Å². The topological polar surface area (TPSA) is 141 Å². The summed E-state index contributed by atoms with van der Waals surface area (Å²) in [6, 6.07) is 6.15. The number of carbonyl (C=O) groups excluding carboxylic acids is 1. The van der Waals surface area contributed by atoms with Crippen LogP contribution in [0.25, 0.3) is 33.5 Å². The smallest absolute Gasteiger partial charge is 0.342 e. The van der Waals surface area contributed by atoms with Crippen LogP contribution in [0.2, 0.25) is 0 Å². The quantitative estimate of drug-likeness (QED) is 0.255. The van der Waals surface area contributed by atoms with Crippen molar-refractivity contribution in [3.05, 3.63) is 81.7 Å². The predicted octanol–water partition coefficient (Wildman–Crippen LogP) is 7.42. The number of aliphatic hydroxyl groups is 1. The number of aliphatic hydroxyl groups excluding tert-OH is 1. The number of carboxylic acid groups (broad SMARTS) is 1. The molecule has 0 radical (unpaired) electrons. The molecule has 4 N–H and O–H groups in total. The van der Waals surface area contributed by atoms with Crippen LogP contribution >= 0.6 is 0 Å². The highest BCUT2D eigenvalue weighted by Crippen LogP contribution is 2.49. The van der Waals surface area contributed by atoms with Crippen LogP contribution in [-0.2, 0) is 14.3 Å². The molecule has 0 fully saturated rings. The SMILES string of the molecule is C=CC1=C(C)c2cc3nc(c4c5[nH]c(cc6[nH]c(cc1n2)[C@H](C)[C@H]6CC)c(C)c5C(O)=C4C(=O)OC)[C@@H](CCC(=O)O)[C@@H]3C. The number of carbonyl (C=O) groups is 2. The Kier molecular flexibility index (Phi) is 7.22. The minimum Gasteiger partial charge on any atom is -0.506 e. The summed E-state index contributed by atoms with van der Waals surface area (Å²) in [6.07, 6.45) is 2.99. The Morgan fingerprint density at radius 2 is 1.77 bits per heavy atom. The van der Waals surface area contributed by atoms with Gasteiger partial charge < -0.3 is 24.9 Å². The van der Waals surface area contributed by atoms with Gasteiger partial charge in [0.2, 0.25) is 0 Å². The molecule has 0 amide bonds. The van der Waals surface area contributed by atoms with E-state index in [1.54, 1.807) is 0 Å². The van der Waals surface area contributed by atoms with Gasteiger partial charge in [-0.2, -0.15) is 0 Å².